The first-order valence-corrected chi connectivity index (χ1v) is 10.6. The van der Waals surface area contributed by atoms with Gasteiger partial charge in [-0.1, -0.05) is 37.0 Å². The van der Waals surface area contributed by atoms with Crippen LogP contribution < -0.4 is 10.2 Å². The van der Waals surface area contributed by atoms with Crippen LogP contribution in [0.2, 0.25) is 10.0 Å². The molecule has 2 aromatic rings. The molecule has 8 heteroatoms. The Morgan fingerprint density at radius 3 is 2.41 bits per heavy atom. The van der Waals surface area contributed by atoms with Crippen LogP contribution in [-0.2, 0) is 4.79 Å². The molecule has 1 N–H and O–H groups in total. The van der Waals surface area contributed by atoms with Gasteiger partial charge in [0.25, 0.3) is 0 Å². The molecule has 1 atom stereocenters. The number of carbonyl (C=O) groups excluding carboxylic acids is 1. The third kappa shape index (κ3) is 5.38. The average molecular weight is 436 g/mol. The molecule has 156 valence electrons. The van der Waals surface area contributed by atoms with E-state index in [1.54, 1.807) is 18.2 Å². The van der Waals surface area contributed by atoms with Gasteiger partial charge in [0, 0.05) is 48.9 Å². The molecule has 0 radical (unpaired) electrons. The Bertz CT molecular complexity index is 881. The zero-order valence-electron chi connectivity index (χ0n) is 17.2. The van der Waals surface area contributed by atoms with Crippen molar-refractivity contribution < 1.29 is 4.79 Å². The lowest BCUT2D eigenvalue weighted by atomic mass is 10.2. The molecule has 3 rings (SSSR count). The monoisotopic (exact) mass is 435 g/mol. The van der Waals surface area contributed by atoms with Crippen LogP contribution >= 0.6 is 23.2 Å². The lowest BCUT2D eigenvalue weighted by molar-refractivity contribution is -0.120. The highest BCUT2D eigenvalue weighted by atomic mass is 35.5. The van der Waals surface area contributed by atoms with E-state index >= 15 is 0 Å². The van der Waals surface area contributed by atoms with Crippen molar-refractivity contribution in [3.05, 3.63) is 45.8 Å². The van der Waals surface area contributed by atoms with Crippen LogP contribution in [0, 0.1) is 6.92 Å². The smallest absolute Gasteiger partial charge is 0.241 e. The maximum Gasteiger partial charge on any atom is 0.241 e. The number of piperazine rings is 1. The SMILES string of the molecule is Cc1cc(N2CCN([C@@H](C)C(=O)Nc3cc(Cl)ccc3Cl)CC2)nc(C(C)C)n1. The molecule has 29 heavy (non-hydrogen) atoms. The van der Waals surface area contributed by atoms with E-state index in [1.807, 2.05) is 19.9 Å². The molecule has 0 unspecified atom stereocenters. The Hall–Kier alpha value is -1.89. The number of nitrogens with zero attached hydrogens (tertiary/aromatic N) is 4. The molecule has 0 saturated carbocycles. The molecule has 1 saturated heterocycles. The summed E-state index contributed by atoms with van der Waals surface area (Å²) in [5.41, 5.74) is 1.51. The molecular weight excluding hydrogens is 409 g/mol. The third-order valence-corrected chi connectivity index (χ3v) is 5.69. The second-order valence-corrected chi connectivity index (χ2v) is 8.54. The van der Waals surface area contributed by atoms with E-state index in [0.29, 0.717) is 15.7 Å². The Morgan fingerprint density at radius 2 is 1.76 bits per heavy atom. The molecule has 1 aliphatic rings. The summed E-state index contributed by atoms with van der Waals surface area (Å²) in [5.74, 6) is 2.02. The van der Waals surface area contributed by atoms with E-state index in [-0.39, 0.29) is 17.9 Å². The molecule has 1 aromatic carbocycles. The zero-order chi connectivity index (χ0) is 21.1. The number of benzene rings is 1. The lowest BCUT2D eigenvalue weighted by Gasteiger charge is -2.38. The number of halogens is 2. The van der Waals surface area contributed by atoms with Gasteiger partial charge in [-0.15, -0.1) is 0 Å². The van der Waals surface area contributed by atoms with Gasteiger partial charge >= 0.3 is 0 Å². The molecule has 1 fully saturated rings. The van der Waals surface area contributed by atoms with Gasteiger partial charge in [-0.2, -0.15) is 0 Å². The van der Waals surface area contributed by atoms with Gasteiger partial charge in [-0.3, -0.25) is 9.69 Å². The number of aromatic nitrogens is 2. The maximum absolute atomic E-state index is 12.7. The normalized spacial score (nSPS) is 16.2. The summed E-state index contributed by atoms with van der Waals surface area (Å²) < 4.78 is 0. The van der Waals surface area contributed by atoms with Crippen LogP contribution in [0.15, 0.2) is 24.3 Å². The van der Waals surface area contributed by atoms with E-state index in [0.717, 1.165) is 43.5 Å². The van der Waals surface area contributed by atoms with Gasteiger partial charge in [0.2, 0.25) is 5.91 Å². The average Bonchev–Trinajstić information content (AvgIpc) is 2.69. The van der Waals surface area contributed by atoms with Crippen molar-refractivity contribution >= 4 is 40.6 Å². The minimum absolute atomic E-state index is 0.0948. The molecule has 1 aromatic heterocycles. The molecule has 2 heterocycles. The lowest BCUT2D eigenvalue weighted by Crippen LogP contribution is -2.53. The van der Waals surface area contributed by atoms with Crippen molar-refractivity contribution in [1.29, 1.82) is 0 Å². The van der Waals surface area contributed by atoms with Crippen molar-refractivity contribution in [2.24, 2.45) is 0 Å². The van der Waals surface area contributed by atoms with Crippen molar-refractivity contribution in [3.8, 4) is 0 Å². The van der Waals surface area contributed by atoms with Gasteiger partial charge < -0.3 is 10.2 Å². The predicted octanol–water partition coefficient (Wildman–Crippen LogP) is 4.36. The summed E-state index contributed by atoms with van der Waals surface area (Å²) in [6.07, 6.45) is 0. The number of aryl methyl sites for hydroxylation is 1. The van der Waals surface area contributed by atoms with Crippen LogP contribution in [0.1, 0.15) is 38.2 Å². The number of hydrogen-bond acceptors (Lipinski definition) is 5. The van der Waals surface area contributed by atoms with Crippen molar-refractivity contribution in [1.82, 2.24) is 14.9 Å². The van der Waals surface area contributed by atoms with Crippen molar-refractivity contribution in [3.63, 3.8) is 0 Å². The second kappa shape index (κ2) is 9.28. The van der Waals surface area contributed by atoms with E-state index in [1.165, 1.54) is 0 Å². The summed E-state index contributed by atoms with van der Waals surface area (Å²) in [6, 6.07) is 6.79. The zero-order valence-corrected chi connectivity index (χ0v) is 18.8. The van der Waals surface area contributed by atoms with E-state index < -0.39 is 0 Å². The molecule has 1 amide bonds. The molecule has 1 aliphatic heterocycles. The minimum Gasteiger partial charge on any atom is -0.354 e. The van der Waals surface area contributed by atoms with Gasteiger partial charge in [0.1, 0.15) is 11.6 Å². The molecule has 0 spiro atoms. The second-order valence-electron chi connectivity index (χ2n) is 7.69. The third-order valence-electron chi connectivity index (χ3n) is 5.13. The highest BCUT2D eigenvalue weighted by molar-refractivity contribution is 6.35. The maximum atomic E-state index is 12.7. The number of carbonyl (C=O) groups is 1. The minimum atomic E-state index is -0.273. The summed E-state index contributed by atoms with van der Waals surface area (Å²) in [7, 11) is 0. The first kappa shape index (κ1) is 21.8. The number of anilines is 2. The summed E-state index contributed by atoms with van der Waals surface area (Å²) in [4.78, 5) is 26.4. The van der Waals surface area contributed by atoms with Crippen LogP contribution in [0.25, 0.3) is 0 Å². The fourth-order valence-corrected chi connectivity index (χ4v) is 3.67. The van der Waals surface area contributed by atoms with Crippen LogP contribution in [0.5, 0.6) is 0 Å². The fourth-order valence-electron chi connectivity index (χ4n) is 3.33. The standard InChI is InChI=1S/C21H27Cl2N5O/c1-13(2)20-24-14(3)11-19(26-20)28-9-7-27(8-10-28)15(4)21(29)25-18-12-16(22)5-6-17(18)23/h5-6,11-13,15H,7-10H2,1-4H3,(H,25,29)/t15-/m0/s1. The summed E-state index contributed by atoms with van der Waals surface area (Å²) >= 11 is 12.2. The molecular formula is C21H27Cl2N5O. The van der Waals surface area contributed by atoms with Crippen LogP contribution in [0.3, 0.4) is 0 Å². The van der Waals surface area contributed by atoms with Crippen LogP contribution in [-0.4, -0.2) is 53.0 Å². The van der Waals surface area contributed by atoms with Crippen molar-refractivity contribution in [2.75, 3.05) is 36.4 Å². The first-order chi connectivity index (χ1) is 13.7. The van der Waals surface area contributed by atoms with Crippen LogP contribution in [0.4, 0.5) is 11.5 Å². The highest BCUT2D eigenvalue weighted by Gasteiger charge is 2.27. The number of amides is 1. The largest absolute Gasteiger partial charge is 0.354 e. The Morgan fingerprint density at radius 1 is 1.07 bits per heavy atom. The number of hydrogen-bond donors (Lipinski definition) is 1. The van der Waals surface area contributed by atoms with Gasteiger partial charge in [-0.05, 0) is 32.0 Å². The highest BCUT2D eigenvalue weighted by Crippen LogP contribution is 2.26. The quantitative estimate of drug-likeness (QED) is 0.755. The topological polar surface area (TPSA) is 61.4 Å². The Kier molecular flexibility index (Phi) is 6.98. The molecule has 6 nitrogen and oxygen atoms in total. The van der Waals surface area contributed by atoms with Crippen molar-refractivity contribution in [2.45, 2.75) is 39.7 Å². The number of rotatable bonds is 5. The summed E-state index contributed by atoms with van der Waals surface area (Å²) in [5, 5.41) is 3.89. The van der Waals surface area contributed by atoms with E-state index in [2.05, 4.69) is 33.9 Å². The Balaban J connectivity index is 1.61. The Labute approximate surface area is 182 Å². The number of nitrogens with one attached hydrogen (secondary N) is 1. The molecule has 0 bridgehead atoms. The van der Waals surface area contributed by atoms with E-state index in [4.69, 9.17) is 28.2 Å². The van der Waals surface area contributed by atoms with E-state index in [9.17, 15) is 4.79 Å². The van der Waals surface area contributed by atoms with Gasteiger partial charge in [-0.25, -0.2) is 9.97 Å². The summed E-state index contributed by atoms with van der Waals surface area (Å²) in [6.45, 7) is 11.3. The van der Waals surface area contributed by atoms with Gasteiger partial charge in [0.15, 0.2) is 0 Å². The molecule has 0 aliphatic carbocycles. The predicted molar refractivity (Wildman–Crippen MR) is 119 cm³/mol. The first-order valence-electron chi connectivity index (χ1n) is 9.85. The fraction of sp³-hybridized carbons (Fsp3) is 0.476. The van der Waals surface area contributed by atoms with Gasteiger partial charge in [0.05, 0.1) is 16.8 Å².